The number of hydrogen-bond acceptors (Lipinski definition) is 3. The standard InChI is InChI=1S/C26H35N3O3/c30-24-22-15-21(25(31)28-14-11-18-7-3-4-8-20(18)17-28)16-23(22)29(26(32)19-9-10-19)13-6-2-1-5-12-27-24/h3-4,7-8,19,21-23H,1-2,5-6,9-17H2,(H,27,30)/t21-,22-,23+/m1/s1. The SMILES string of the molecule is O=C1NCCCCCCN(C(=O)C2CC2)[C@H]2C[C@H](C(=O)N3CCc4ccccc4C3)C[C@@H]12. The Morgan fingerprint density at radius 1 is 0.875 bits per heavy atom. The molecule has 6 nitrogen and oxygen atoms in total. The number of nitrogens with zero attached hydrogens (tertiary/aromatic N) is 2. The fourth-order valence-corrected chi connectivity index (χ4v) is 5.89. The molecule has 0 aromatic heterocycles. The Morgan fingerprint density at radius 3 is 2.47 bits per heavy atom. The van der Waals surface area contributed by atoms with Crippen molar-refractivity contribution in [2.24, 2.45) is 17.8 Å². The number of fused-ring (bicyclic) bond motifs is 2. The predicted molar refractivity (Wildman–Crippen MR) is 121 cm³/mol. The van der Waals surface area contributed by atoms with Crippen LogP contribution in [-0.2, 0) is 27.3 Å². The van der Waals surface area contributed by atoms with Gasteiger partial charge in [-0.25, -0.2) is 0 Å². The lowest BCUT2D eigenvalue weighted by molar-refractivity contribution is -0.139. The highest BCUT2D eigenvalue weighted by Gasteiger charge is 2.48. The van der Waals surface area contributed by atoms with Crippen molar-refractivity contribution in [1.82, 2.24) is 15.1 Å². The summed E-state index contributed by atoms with van der Waals surface area (Å²) >= 11 is 0. The molecule has 172 valence electrons. The molecule has 4 aliphatic rings. The molecule has 5 rings (SSSR count). The molecular formula is C26H35N3O3. The average Bonchev–Trinajstić information content (AvgIpc) is 3.58. The summed E-state index contributed by atoms with van der Waals surface area (Å²) in [6.07, 6.45) is 8.12. The second kappa shape index (κ2) is 9.24. The lowest BCUT2D eigenvalue weighted by Crippen LogP contribution is -2.48. The largest absolute Gasteiger partial charge is 0.356 e. The van der Waals surface area contributed by atoms with E-state index < -0.39 is 0 Å². The third-order valence-corrected chi connectivity index (χ3v) is 7.89. The maximum atomic E-state index is 13.5. The highest BCUT2D eigenvalue weighted by molar-refractivity contribution is 5.86. The van der Waals surface area contributed by atoms with Crippen LogP contribution in [0.2, 0.25) is 0 Å². The first-order valence-electron chi connectivity index (χ1n) is 12.6. The smallest absolute Gasteiger partial charge is 0.226 e. The van der Waals surface area contributed by atoms with Crippen LogP contribution in [0.5, 0.6) is 0 Å². The number of benzene rings is 1. The molecule has 2 aliphatic carbocycles. The first-order chi connectivity index (χ1) is 15.6. The summed E-state index contributed by atoms with van der Waals surface area (Å²) in [7, 11) is 0. The monoisotopic (exact) mass is 437 g/mol. The minimum Gasteiger partial charge on any atom is -0.356 e. The van der Waals surface area contributed by atoms with E-state index in [0.717, 1.165) is 58.0 Å². The molecule has 1 aromatic carbocycles. The number of rotatable bonds is 2. The van der Waals surface area contributed by atoms with Crippen LogP contribution in [-0.4, -0.2) is 53.2 Å². The van der Waals surface area contributed by atoms with Crippen LogP contribution in [0.4, 0.5) is 0 Å². The van der Waals surface area contributed by atoms with E-state index in [9.17, 15) is 14.4 Å². The van der Waals surface area contributed by atoms with E-state index in [1.807, 2.05) is 15.9 Å². The lowest BCUT2D eigenvalue weighted by Gasteiger charge is -2.33. The molecule has 6 heteroatoms. The maximum absolute atomic E-state index is 13.5. The summed E-state index contributed by atoms with van der Waals surface area (Å²) in [5, 5.41) is 3.11. The Balaban J connectivity index is 1.35. The number of carbonyl (C=O) groups is 3. The van der Waals surface area contributed by atoms with Crippen LogP contribution in [0.3, 0.4) is 0 Å². The van der Waals surface area contributed by atoms with E-state index in [2.05, 4.69) is 23.5 Å². The van der Waals surface area contributed by atoms with Gasteiger partial charge in [-0.05, 0) is 56.1 Å². The van der Waals surface area contributed by atoms with Gasteiger partial charge in [0.15, 0.2) is 0 Å². The first-order valence-corrected chi connectivity index (χ1v) is 12.6. The predicted octanol–water partition coefficient (Wildman–Crippen LogP) is 2.89. The van der Waals surface area contributed by atoms with Gasteiger partial charge >= 0.3 is 0 Å². The van der Waals surface area contributed by atoms with E-state index in [-0.39, 0.29) is 41.5 Å². The number of carbonyl (C=O) groups excluding carboxylic acids is 3. The highest BCUT2D eigenvalue weighted by atomic mass is 16.2. The van der Waals surface area contributed by atoms with Gasteiger partial charge in [0.05, 0.1) is 5.92 Å². The van der Waals surface area contributed by atoms with Crippen molar-refractivity contribution in [3.8, 4) is 0 Å². The second-order valence-corrected chi connectivity index (χ2v) is 10.1. The van der Waals surface area contributed by atoms with Gasteiger partial charge in [0, 0.05) is 44.1 Å². The molecule has 0 radical (unpaired) electrons. The van der Waals surface area contributed by atoms with Crippen LogP contribution in [0.1, 0.15) is 62.5 Å². The van der Waals surface area contributed by atoms with E-state index in [0.29, 0.717) is 25.9 Å². The zero-order valence-electron chi connectivity index (χ0n) is 18.9. The Bertz CT molecular complexity index is 881. The van der Waals surface area contributed by atoms with Gasteiger partial charge in [-0.1, -0.05) is 37.1 Å². The molecule has 0 spiro atoms. The van der Waals surface area contributed by atoms with Crippen molar-refractivity contribution < 1.29 is 14.4 Å². The molecule has 0 bridgehead atoms. The fraction of sp³-hybridized carbons (Fsp3) is 0.654. The van der Waals surface area contributed by atoms with Crippen LogP contribution in [0.25, 0.3) is 0 Å². The van der Waals surface area contributed by atoms with Gasteiger partial charge in [-0.15, -0.1) is 0 Å². The Morgan fingerprint density at radius 2 is 1.66 bits per heavy atom. The molecule has 32 heavy (non-hydrogen) atoms. The molecule has 1 saturated heterocycles. The summed E-state index contributed by atoms with van der Waals surface area (Å²) in [6.45, 7) is 2.80. The lowest BCUT2D eigenvalue weighted by atomic mass is 9.97. The van der Waals surface area contributed by atoms with Gasteiger partial charge in [0.25, 0.3) is 0 Å². The average molecular weight is 438 g/mol. The second-order valence-electron chi connectivity index (χ2n) is 10.1. The van der Waals surface area contributed by atoms with Gasteiger partial charge in [-0.2, -0.15) is 0 Å². The molecule has 3 amide bonds. The van der Waals surface area contributed by atoms with Crippen molar-refractivity contribution in [2.75, 3.05) is 19.6 Å². The Hall–Kier alpha value is -2.37. The van der Waals surface area contributed by atoms with Gasteiger partial charge in [-0.3, -0.25) is 14.4 Å². The molecule has 3 fully saturated rings. The van der Waals surface area contributed by atoms with E-state index in [1.54, 1.807) is 0 Å². The summed E-state index contributed by atoms with van der Waals surface area (Å²) in [5.74, 6) is 0.0834. The topological polar surface area (TPSA) is 69.7 Å². The summed E-state index contributed by atoms with van der Waals surface area (Å²) in [5.41, 5.74) is 2.55. The Kier molecular flexibility index (Phi) is 6.20. The molecule has 3 atom stereocenters. The molecule has 2 aliphatic heterocycles. The highest BCUT2D eigenvalue weighted by Crippen LogP contribution is 2.40. The van der Waals surface area contributed by atoms with Crippen molar-refractivity contribution in [1.29, 1.82) is 0 Å². The van der Waals surface area contributed by atoms with E-state index in [1.165, 1.54) is 11.1 Å². The van der Waals surface area contributed by atoms with Crippen LogP contribution >= 0.6 is 0 Å². The molecule has 2 heterocycles. The molecule has 1 aromatic rings. The zero-order valence-corrected chi connectivity index (χ0v) is 18.9. The van der Waals surface area contributed by atoms with Gasteiger partial charge in [0.2, 0.25) is 17.7 Å². The van der Waals surface area contributed by atoms with Gasteiger partial charge < -0.3 is 15.1 Å². The van der Waals surface area contributed by atoms with E-state index in [4.69, 9.17) is 0 Å². The van der Waals surface area contributed by atoms with Crippen molar-refractivity contribution in [2.45, 2.75) is 70.4 Å². The number of amides is 3. The summed E-state index contributed by atoms with van der Waals surface area (Å²) in [4.78, 5) is 43.8. The normalized spacial score (nSPS) is 28.9. The number of nitrogens with one attached hydrogen (secondary N) is 1. The summed E-state index contributed by atoms with van der Waals surface area (Å²) in [6, 6.07) is 8.20. The minimum atomic E-state index is -0.276. The maximum Gasteiger partial charge on any atom is 0.226 e. The molecule has 1 N–H and O–H groups in total. The third-order valence-electron chi connectivity index (χ3n) is 7.89. The fourth-order valence-electron chi connectivity index (χ4n) is 5.89. The Labute approximate surface area is 190 Å². The molecule has 0 unspecified atom stereocenters. The summed E-state index contributed by atoms with van der Waals surface area (Å²) < 4.78 is 0. The van der Waals surface area contributed by atoms with Crippen molar-refractivity contribution >= 4 is 17.7 Å². The van der Waals surface area contributed by atoms with Crippen molar-refractivity contribution in [3.05, 3.63) is 35.4 Å². The molecular weight excluding hydrogens is 402 g/mol. The molecule has 2 saturated carbocycles. The van der Waals surface area contributed by atoms with Crippen LogP contribution in [0, 0.1) is 17.8 Å². The van der Waals surface area contributed by atoms with Crippen LogP contribution < -0.4 is 5.32 Å². The van der Waals surface area contributed by atoms with Crippen LogP contribution in [0.15, 0.2) is 24.3 Å². The number of hydrogen-bond donors (Lipinski definition) is 1. The minimum absolute atomic E-state index is 0.0322. The van der Waals surface area contributed by atoms with E-state index >= 15 is 0 Å². The first kappa shape index (κ1) is 21.5. The quantitative estimate of drug-likeness (QED) is 0.774. The van der Waals surface area contributed by atoms with Crippen molar-refractivity contribution in [3.63, 3.8) is 0 Å². The third kappa shape index (κ3) is 4.41. The zero-order chi connectivity index (χ0) is 22.1. The van der Waals surface area contributed by atoms with Gasteiger partial charge in [0.1, 0.15) is 0 Å².